The molecule has 0 unspecified atom stereocenters. The van der Waals surface area contributed by atoms with Crippen molar-refractivity contribution in [1.82, 2.24) is 14.6 Å². The van der Waals surface area contributed by atoms with Gasteiger partial charge in [-0.25, -0.2) is 9.29 Å². The molecule has 2 aromatic rings. The van der Waals surface area contributed by atoms with Gasteiger partial charge >= 0.3 is 10.3 Å². The molecule has 0 aliphatic carbocycles. The highest BCUT2D eigenvalue weighted by molar-refractivity contribution is 7.84. The lowest BCUT2D eigenvalue weighted by Gasteiger charge is -2.42. The summed E-state index contributed by atoms with van der Waals surface area (Å²) in [5.74, 6) is -1.82. The van der Waals surface area contributed by atoms with E-state index in [1.807, 2.05) is 0 Å². The predicted molar refractivity (Wildman–Crippen MR) is 110 cm³/mol. The van der Waals surface area contributed by atoms with Crippen LogP contribution in [0.25, 0.3) is 6.08 Å². The number of anilines is 1. The number of nitrogens with zero attached hydrogens (tertiary/aromatic N) is 3. The second-order valence-corrected chi connectivity index (χ2v) is 8.20. The van der Waals surface area contributed by atoms with Crippen LogP contribution in [-0.4, -0.2) is 59.0 Å². The summed E-state index contributed by atoms with van der Waals surface area (Å²) in [5.41, 5.74) is 6.19. The van der Waals surface area contributed by atoms with Gasteiger partial charge in [0.15, 0.2) is 10.8 Å². The van der Waals surface area contributed by atoms with E-state index < -0.39 is 34.2 Å². The fraction of sp³-hybridized carbons (Fsp3) is 0.176. The zero-order valence-electron chi connectivity index (χ0n) is 15.5. The number of carbonyl (C=O) groups excluding carboxylic acids is 2. The van der Waals surface area contributed by atoms with E-state index in [-0.39, 0.29) is 20.8 Å². The van der Waals surface area contributed by atoms with Crippen LogP contribution in [-0.2, 0) is 24.7 Å². The van der Waals surface area contributed by atoms with Crippen molar-refractivity contribution in [1.29, 1.82) is 0 Å². The van der Waals surface area contributed by atoms with Gasteiger partial charge in [-0.15, -0.1) is 11.3 Å². The van der Waals surface area contributed by atoms with Gasteiger partial charge < -0.3 is 15.9 Å². The molecule has 2 amide bonds. The van der Waals surface area contributed by atoms with Crippen LogP contribution in [0.3, 0.4) is 0 Å². The van der Waals surface area contributed by atoms with Gasteiger partial charge in [-0.05, 0) is 5.56 Å². The highest BCUT2D eigenvalue weighted by Gasteiger charge is 2.53. The number of oxime groups is 1. The van der Waals surface area contributed by atoms with E-state index in [2.05, 4.69) is 20.3 Å². The Morgan fingerprint density at radius 1 is 1.40 bits per heavy atom. The molecule has 4 N–H and O–H groups in total. The number of β-lactam (4-membered cyclic amide) rings is 1. The van der Waals surface area contributed by atoms with Crippen LogP contribution in [0.15, 0.2) is 46.9 Å². The summed E-state index contributed by atoms with van der Waals surface area (Å²) < 4.78 is 32.8. The third-order valence-electron chi connectivity index (χ3n) is 4.08. The number of rotatable bonds is 7. The maximum atomic E-state index is 12.7. The van der Waals surface area contributed by atoms with Gasteiger partial charge in [-0.2, -0.15) is 8.42 Å². The fourth-order valence-electron chi connectivity index (χ4n) is 2.76. The standard InChI is InChI=1S/C17H17N5O6S2/c1-28-21-13(11-9-29-17(18)19-11)15(23)20-14-12(22(16(14)24)30(25,26)27)8-7-10-5-3-2-4-6-10/h2-9,12,14H,1H3,(H2,18,19)(H,20,23)(H,25,26,27)/b8-7-,21-13?/t12-,14+/m0/s1. The second-order valence-electron chi connectivity index (χ2n) is 6.02. The van der Waals surface area contributed by atoms with Gasteiger partial charge in [0.1, 0.15) is 18.8 Å². The van der Waals surface area contributed by atoms with Crippen molar-refractivity contribution in [2.75, 3.05) is 12.8 Å². The summed E-state index contributed by atoms with van der Waals surface area (Å²) in [7, 11) is -3.59. The van der Waals surface area contributed by atoms with E-state index in [9.17, 15) is 22.6 Å². The Bertz CT molecular complexity index is 1110. The summed E-state index contributed by atoms with van der Waals surface area (Å²) in [4.78, 5) is 33.6. The van der Waals surface area contributed by atoms with E-state index in [1.54, 1.807) is 36.4 Å². The van der Waals surface area contributed by atoms with Gasteiger partial charge in [-0.1, -0.05) is 47.6 Å². The first-order chi connectivity index (χ1) is 14.2. The summed E-state index contributed by atoms with van der Waals surface area (Å²) in [5, 5.41) is 7.69. The lowest BCUT2D eigenvalue weighted by molar-refractivity contribution is -0.142. The van der Waals surface area contributed by atoms with Crippen molar-refractivity contribution in [3.05, 3.63) is 53.0 Å². The number of hydrogen-bond donors (Lipinski definition) is 3. The molecule has 0 spiro atoms. The van der Waals surface area contributed by atoms with Crippen molar-refractivity contribution in [2.24, 2.45) is 5.16 Å². The highest BCUT2D eigenvalue weighted by atomic mass is 32.2. The third kappa shape index (κ3) is 4.48. The van der Waals surface area contributed by atoms with Crippen LogP contribution < -0.4 is 11.1 Å². The molecule has 158 valence electrons. The van der Waals surface area contributed by atoms with Gasteiger partial charge in [0.25, 0.3) is 11.8 Å². The molecule has 1 aromatic carbocycles. The van der Waals surface area contributed by atoms with Crippen molar-refractivity contribution in [3.8, 4) is 0 Å². The molecular weight excluding hydrogens is 434 g/mol. The molecule has 0 saturated carbocycles. The van der Waals surface area contributed by atoms with Gasteiger partial charge in [0.2, 0.25) is 0 Å². The van der Waals surface area contributed by atoms with Crippen LogP contribution >= 0.6 is 11.3 Å². The molecule has 1 aromatic heterocycles. The van der Waals surface area contributed by atoms with Gasteiger partial charge in [-0.3, -0.25) is 14.1 Å². The van der Waals surface area contributed by atoms with Gasteiger partial charge in [0, 0.05) is 5.38 Å². The van der Waals surface area contributed by atoms with Crippen LogP contribution in [0, 0.1) is 0 Å². The fourth-order valence-corrected chi connectivity index (χ4v) is 4.15. The van der Waals surface area contributed by atoms with Crippen molar-refractivity contribution < 1.29 is 27.4 Å². The SMILES string of the molecule is CON=C(C(=O)N[C@H]1C(=O)N(S(=O)(=O)O)[C@H]1/C=C\c1ccccc1)c1csc(N)n1. The zero-order chi connectivity index (χ0) is 21.9. The second kappa shape index (κ2) is 8.61. The maximum absolute atomic E-state index is 12.7. The van der Waals surface area contributed by atoms with Crippen molar-refractivity contribution in [2.45, 2.75) is 12.1 Å². The molecule has 0 radical (unpaired) electrons. The Kier molecular flexibility index (Phi) is 6.14. The molecule has 2 heterocycles. The van der Waals surface area contributed by atoms with E-state index in [4.69, 9.17) is 5.73 Å². The highest BCUT2D eigenvalue weighted by Crippen LogP contribution is 2.26. The van der Waals surface area contributed by atoms with E-state index in [0.29, 0.717) is 0 Å². The largest absolute Gasteiger partial charge is 0.398 e. The third-order valence-corrected chi connectivity index (χ3v) is 5.67. The Balaban J connectivity index is 1.85. The smallest absolute Gasteiger partial charge is 0.362 e. The first-order valence-corrected chi connectivity index (χ1v) is 10.7. The maximum Gasteiger partial charge on any atom is 0.362 e. The van der Waals surface area contributed by atoms with Crippen LogP contribution in [0.5, 0.6) is 0 Å². The minimum absolute atomic E-state index is 0.131. The lowest BCUT2D eigenvalue weighted by Crippen LogP contribution is -2.71. The van der Waals surface area contributed by atoms with Crippen molar-refractivity contribution in [3.63, 3.8) is 0 Å². The number of benzene rings is 1. The molecule has 1 fully saturated rings. The van der Waals surface area contributed by atoms with Crippen LogP contribution in [0.1, 0.15) is 11.3 Å². The predicted octanol–water partition coefficient (Wildman–Crippen LogP) is 0.288. The van der Waals surface area contributed by atoms with Crippen LogP contribution in [0.2, 0.25) is 0 Å². The first kappa shape index (κ1) is 21.4. The number of amides is 2. The first-order valence-electron chi connectivity index (χ1n) is 8.39. The zero-order valence-corrected chi connectivity index (χ0v) is 17.1. The summed E-state index contributed by atoms with van der Waals surface area (Å²) >= 11 is 1.08. The minimum Gasteiger partial charge on any atom is -0.398 e. The summed E-state index contributed by atoms with van der Waals surface area (Å²) in [6.45, 7) is 0. The molecule has 3 rings (SSSR count). The monoisotopic (exact) mass is 451 g/mol. The number of nitrogens with one attached hydrogen (secondary N) is 1. The number of thiazole rings is 1. The normalized spacial score (nSPS) is 19.6. The Hall–Kier alpha value is -3.29. The summed E-state index contributed by atoms with van der Waals surface area (Å²) in [6, 6.07) is 6.49. The average Bonchev–Trinajstić information content (AvgIpc) is 3.12. The van der Waals surface area contributed by atoms with Crippen molar-refractivity contribution >= 4 is 50.4 Å². The summed E-state index contributed by atoms with van der Waals surface area (Å²) in [6.07, 6.45) is 2.96. The minimum atomic E-state index is -4.82. The van der Waals surface area contributed by atoms with E-state index >= 15 is 0 Å². The average molecular weight is 451 g/mol. The number of hydrogen-bond acceptors (Lipinski definition) is 9. The Morgan fingerprint density at radius 3 is 2.67 bits per heavy atom. The molecule has 1 saturated heterocycles. The molecule has 1 aliphatic rings. The quantitative estimate of drug-likeness (QED) is 0.234. The molecule has 0 bridgehead atoms. The van der Waals surface area contributed by atoms with E-state index in [0.717, 1.165) is 16.9 Å². The lowest BCUT2D eigenvalue weighted by atomic mass is 9.97. The number of carbonyl (C=O) groups is 2. The topological polar surface area (TPSA) is 164 Å². The number of aromatic nitrogens is 1. The molecule has 2 atom stereocenters. The molecule has 11 nitrogen and oxygen atoms in total. The molecular formula is C17H17N5O6S2. The molecule has 13 heteroatoms. The van der Waals surface area contributed by atoms with E-state index in [1.165, 1.54) is 18.6 Å². The number of nitrogens with two attached hydrogens (primary N) is 1. The molecule has 30 heavy (non-hydrogen) atoms. The van der Waals surface area contributed by atoms with Gasteiger partial charge in [0.05, 0.1) is 6.04 Å². The molecule has 1 aliphatic heterocycles. The number of nitrogen functional groups attached to an aromatic ring is 1. The Morgan fingerprint density at radius 2 is 2.10 bits per heavy atom. The Labute approximate surface area is 175 Å². The van der Waals surface area contributed by atoms with Crippen LogP contribution in [0.4, 0.5) is 5.13 Å².